The van der Waals surface area contributed by atoms with E-state index in [-0.39, 0.29) is 21.7 Å². The molecule has 1 aromatic carbocycles. The lowest BCUT2D eigenvalue weighted by molar-refractivity contribution is -0.131. The van der Waals surface area contributed by atoms with Crippen molar-refractivity contribution in [1.29, 1.82) is 0 Å². The van der Waals surface area contributed by atoms with Crippen molar-refractivity contribution in [1.82, 2.24) is 5.01 Å². The summed E-state index contributed by atoms with van der Waals surface area (Å²) >= 11 is 4.33. The van der Waals surface area contributed by atoms with Gasteiger partial charge in [0.2, 0.25) is 5.91 Å². The minimum Gasteiger partial charge on any atom is -0.377 e. The van der Waals surface area contributed by atoms with Gasteiger partial charge in [-0.2, -0.15) is 0 Å². The highest BCUT2D eigenvalue weighted by atomic mass is 79.9. The van der Waals surface area contributed by atoms with Gasteiger partial charge in [0.25, 0.3) is 0 Å². The third kappa shape index (κ3) is 3.41. The molecule has 0 unspecified atom stereocenters. The molecule has 1 aliphatic heterocycles. The van der Waals surface area contributed by atoms with Gasteiger partial charge in [-0.05, 0) is 31.2 Å². The zero-order valence-corrected chi connectivity index (χ0v) is 14.6. The molecule has 2 N–H and O–H groups in total. The molecule has 0 spiro atoms. The number of carbonyl (C=O) groups excluding carboxylic acids is 1. The number of sulfone groups is 1. The van der Waals surface area contributed by atoms with Gasteiger partial charge in [0.15, 0.2) is 15.0 Å². The first-order valence-corrected chi connectivity index (χ1v) is 9.22. The number of nitrogens with two attached hydrogens (primary N) is 1. The van der Waals surface area contributed by atoms with E-state index in [1.54, 1.807) is 19.1 Å². The van der Waals surface area contributed by atoms with Gasteiger partial charge < -0.3 is 5.73 Å². The highest BCUT2D eigenvalue weighted by Crippen LogP contribution is 2.38. The van der Waals surface area contributed by atoms with Crippen LogP contribution in [0.3, 0.4) is 0 Å². The molecule has 1 atom stereocenters. The van der Waals surface area contributed by atoms with Crippen LogP contribution in [0.2, 0.25) is 0 Å². The second-order valence-electron chi connectivity index (χ2n) is 4.76. The van der Waals surface area contributed by atoms with Gasteiger partial charge >= 0.3 is 0 Å². The Hall–Kier alpha value is -1.06. The number of hydrazone groups is 1. The van der Waals surface area contributed by atoms with Gasteiger partial charge in [-0.3, -0.25) is 4.79 Å². The predicted octanol–water partition coefficient (Wildman–Crippen LogP) is 1.76. The van der Waals surface area contributed by atoms with Gasteiger partial charge in [-0.1, -0.05) is 27.7 Å². The quantitative estimate of drug-likeness (QED) is 0.846. The van der Waals surface area contributed by atoms with E-state index in [1.807, 2.05) is 0 Å². The van der Waals surface area contributed by atoms with Crippen LogP contribution in [0.4, 0.5) is 0 Å². The Morgan fingerprint density at radius 2 is 2.00 bits per heavy atom. The maximum atomic E-state index is 12.5. The van der Waals surface area contributed by atoms with Crippen molar-refractivity contribution in [3.8, 4) is 0 Å². The molecule has 1 heterocycles. The second-order valence-corrected chi connectivity index (χ2v) is 9.17. The maximum Gasteiger partial charge on any atom is 0.240 e. The van der Waals surface area contributed by atoms with Crippen molar-refractivity contribution in [3.05, 3.63) is 28.7 Å². The average Bonchev–Trinajstić information content (AvgIpc) is 2.64. The number of amides is 1. The molecule has 0 saturated heterocycles. The summed E-state index contributed by atoms with van der Waals surface area (Å²) < 4.78 is 25.8. The largest absolute Gasteiger partial charge is 0.377 e. The zero-order valence-electron chi connectivity index (χ0n) is 11.4. The third-order valence-electron chi connectivity index (χ3n) is 2.90. The Morgan fingerprint density at radius 3 is 2.52 bits per heavy atom. The fourth-order valence-electron chi connectivity index (χ4n) is 2.07. The van der Waals surface area contributed by atoms with Crippen LogP contribution in [0.5, 0.6) is 0 Å². The minimum atomic E-state index is -3.57. The Kier molecular flexibility index (Phi) is 4.36. The Morgan fingerprint density at radius 1 is 1.43 bits per heavy atom. The fourth-order valence-corrected chi connectivity index (χ4v) is 5.40. The standard InChI is InChI=1S/C12H14BrN3O3S2/c1-8(17)16-12(2,20-11(14)15-16)7-21(18,19)10-5-3-9(13)4-6-10/h3-6H,7H2,1-2H3,(H2,14,15)/t12-/m0/s1. The normalized spacial score (nSPS) is 22.2. The van der Waals surface area contributed by atoms with Crippen molar-refractivity contribution in [2.45, 2.75) is 23.6 Å². The Balaban J connectivity index is 2.32. The van der Waals surface area contributed by atoms with Gasteiger partial charge in [0.05, 0.1) is 10.6 Å². The first kappa shape index (κ1) is 16.3. The molecule has 0 aromatic heterocycles. The number of nitrogens with zero attached hydrogens (tertiary/aromatic N) is 2. The molecule has 1 amide bonds. The number of halogens is 1. The summed E-state index contributed by atoms with van der Waals surface area (Å²) in [5.74, 6) is -0.618. The van der Waals surface area contributed by atoms with Gasteiger partial charge in [-0.15, -0.1) is 5.10 Å². The molecule has 0 saturated carbocycles. The van der Waals surface area contributed by atoms with Gasteiger partial charge in [-0.25, -0.2) is 13.4 Å². The first-order valence-electron chi connectivity index (χ1n) is 5.96. The fraction of sp³-hybridized carbons (Fsp3) is 0.333. The number of rotatable bonds is 3. The number of carbonyl (C=O) groups is 1. The number of amidine groups is 1. The third-order valence-corrected chi connectivity index (χ3v) is 6.59. The van der Waals surface area contributed by atoms with E-state index in [4.69, 9.17) is 5.73 Å². The monoisotopic (exact) mass is 391 g/mol. The average molecular weight is 392 g/mol. The lowest BCUT2D eigenvalue weighted by Crippen LogP contribution is -2.45. The Bertz CT molecular complexity index is 703. The number of hydrogen-bond donors (Lipinski definition) is 1. The van der Waals surface area contributed by atoms with Crippen LogP contribution in [0.15, 0.2) is 38.7 Å². The van der Waals surface area contributed by atoms with E-state index < -0.39 is 14.7 Å². The van der Waals surface area contributed by atoms with Crippen LogP contribution in [0.1, 0.15) is 13.8 Å². The van der Waals surface area contributed by atoms with Crippen LogP contribution >= 0.6 is 27.7 Å². The Labute approximate surface area is 135 Å². The molecular weight excluding hydrogens is 378 g/mol. The van der Waals surface area contributed by atoms with E-state index in [2.05, 4.69) is 21.0 Å². The van der Waals surface area contributed by atoms with Crippen LogP contribution in [0.25, 0.3) is 0 Å². The van der Waals surface area contributed by atoms with Crippen molar-refractivity contribution in [2.75, 3.05) is 5.75 Å². The highest BCUT2D eigenvalue weighted by Gasteiger charge is 2.45. The van der Waals surface area contributed by atoms with Gasteiger partial charge in [0.1, 0.15) is 4.87 Å². The molecule has 1 aromatic rings. The summed E-state index contributed by atoms with van der Waals surface area (Å²) in [5, 5.41) is 5.21. The van der Waals surface area contributed by atoms with Crippen LogP contribution < -0.4 is 5.73 Å². The van der Waals surface area contributed by atoms with Crippen molar-refractivity contribution in [2.24, 2.45) is 10.8 Å². The van der Waals surface area contributed by atoms with Gasteiger partial charge in [0, 0.05) is 11.4 Å². The van der Waals surface area contributed by atoms with Crippen molar-refractivity contribution in [3.63, 3.8) is 0 Å². The van der Waals surface area contributed by atoms with E-state index >= 15 is 0 Å². The number of benzene rings is 1. The summed E-state index contributed by atoms with van der Waals surface area (Å²) in [5.41, 5.74) is 5.63. The summed E-state index contributed by atoms with van der Waals surface area (Å²) in [7, 11) is -3.57. The lowest BCUT2D eigenvalue weighted by atomic mass is 10.3. The van der Waals surface area contributed by atoms with E-state index in [1.165, 1.54) is 19.1 Å². The van der Waals surface area contributed by atoms with Crippen LogP contribution in [-0.4, -0.2) is 35.1 Å². The topological polar surface area (TPSA) is 92.8 Å². The summed E-state index contributed by atoms with van der Waals surface area (Å²) in [6.45, 7) is 2.96. The van der Waals surface area contributed by atoms with Crippen molar-refractivity contribution >= 4 is 48.6 Å². The molecule has 114 valence electrons. The van der Waals surface area contributed by atoms with Crippen LogP contribution in [-0.2, 0) is 14.6 Å². The molecule has 0 aliphatic carbocycles. The molecular formula is C12H14BrN3O3S2. The lowest BCUT2D eigenvalue weighted by Gasteiger charge is -2.30. The SMILES string of the molecule is CC(=O)N1N=C(N)S[C@@]1(C)CS(=O)(=O)c1ccc(Br)cc1. The summed E-state index contributed by atoms with van der Waals surface area (Å²) in [6.07, 6.45) is 0. The predicted molar refractivity (Wildman–Crippen MR) is 86.3 cm³/mol. The van der Waals surface area contributed by atoms with E-state index in [0.29, 0.717) is 0 Å². The van der Waals surface area contributed by atoms with Crippen LogP contribution in [0, 0.1) is 0 Å². The number of thioether (sulfide) groups is 1. The number of hydrogen-bond acceptors (Lipinski definition) is 6. The zero-order chi connectivity index (χ0) is 15.8. The molecule has 6 nitrogen and oxygen atoms in total. The maximum absolute atomic E-state index is 12.5. The first-order chi connectivity index (χ1) is 9.64. The van der Waals surface area contributed by atoms with E-state index in [9.17, 15) is 13.2 Å². The minimum absolute atomic E-state index is 0.179. The molecule has 0 fully saturated rings. The molecule has 0 bridgehead atoms. The highest BCUT2D eigenvalue weighted by molar-refractivity contribution is 9.10. The van der Waals surface area contributed by atoms with Crippen molar-refractivity contribution < 1.29 is 13.2 Å². The summed E-state index contributed by atoms with van der Waals surface area (Å²) in [6, 6.07) is 6.35. The molecule has 1 aliphatic rings. The molecule has 0 radical (unpaired) electrons. The smallest absolute Gasteiger partial charge is 0.240 e. The molecule has 2 rings (SSSR count). The van der Waals surface area contributed by atoms with E-state index in [0.717, 1.165) is 21.2 Å². The molecule has 9 heteroatoms. The molecule has 21 heavy (non-hydrogen) atoms. The second kappa shape index (κ2) is 5.62. The summed E-state index contributed by atoms with van der Waals surface area (Å²) in [4.78, 5) is 10.8.